The largest absolute Gasteiger partial charge is 0.320 e. The van der Waals surface area contributed by atoms with Crippen LogP contribution in [0.1, 0.15) is 58.9 Å². The highest BCUT2D eigenvalue weighted by Crippen LogP contribution is 2.22. The molecule has 0 saturated carbocycles. The fourth-order valence-electron chi connectivity index (χ4n) is 1.66. The third-order valence-electron chi connectivity index (χ3n) is 2.58. The molecule has 1 nitrogen and oxygen atoms in total. The van der Waals surface area contributed by atoms with Gasteiger partial charge in [-0.1, -0.05) is 46.8 Å². The van der Waals surface area contributed by atoms with Crippen LogP contribution in [0.2, 0.25) is 0 Å². The third-order valence-corrected chi connectivity index (χ3v) is 2.58. The maximum absolute atomic E-state index is 12.7. The Morgan fingerprint density at radius 3 is 1.94 bits per heavy atom. The molecule has 0 aliphatic rings. The first-order valence-electron chi connectivity index (χ1n) is 7.18. The van der Waals surface area contributed by atoms with E-state index in [-0.39, 0.29) is 5.82 Å². The van der Waals surface area contributed by atoms with Crippen molar-refractivity contribution in [3.05, 3.63) is 35.6 Å². The van der Waals surface area contributed by atoms with Crippen LogP contribution in [0.4, 0.5) is 4.39 Å². The summed E-state index contributed by atoms with van der Waals surface area (Å²) in [6.07, 6.45) is 2.21. The molecule has 1 unspecified atom stereocenters. The van der Waals surface area contributed by atoms with Gasteiger partial charge in [-0.3, -0.25) is 0 Å². The van der Waals surface area contributed by atoms with Crippen LogP contribution in [0.25, 0.3) is 0 Å². The Kier molecular flexibility index (Phi) is 15.3. The van der Waals surface area contributed by atoms with E-state index in [1.807, 2.05) is 46.9 Å². The molecule has 1 N–H and O–H groups in total. The van der Waals surface area contributed by atoms with Crippen molar-refractivity contribution in [2.45, 2.75) is 53.4 Å². The SMILES string of the molecule is CC.CC.CCC(CCNC)c1ccc(F)cc1. The van der Waals surface area contributed by atoms with Crippen molar-refractivity contribution in [3.63, 3.8) is 0 Å². The quantitative estimate of drug-likeness (QED) is 0.782. The summed E-state index contributed by atoms with van der Waals surface area (Å²) in [6.45, 7) is 11.2. The van der Waals surface area contributed by atoms with Gasteiger partial charge < -0.3 is 5.32 Å². The summed E-state index contributed by atoms with van der Waals surface area (Å²) in [6, 6.07) is 6.85. The molecular weight excluding hydrogens is 225 g/mol. The number of rotatable bonds is 5. The van der Waals surface area contributed by atoms with Crippen LogP contribution in [0.5, 0.6) is 0 Å². The smallest absolute Gasteiger partial charge is 0.123 e. The van der Waals surface area contributed by atoms with Crippen molar-refractivity contribution in [1.29, 1.82) is 0 Å². The van der Waals surface area contributed by atoms with Gasteiger partial charge in [-0.05, 0) is 50.0 Å². The van der Waals surface area contributed by atoms with Crippen LogP contribution in [0.15, 0.2) is 24.3 Å². The van der Waals surface area contributed by atoms with Crippen LogP contribution < -0.4 is 5.32 Å². The second-order valence-corrected chi connectivity index (χ2v) is 3.55. The molecule has 0 heterocycles. The highest BCUT2D eigenvalue weighted by molar-refractivity contribution is 5.20. The van der Waals surface area contributed by atoms with E-state index in [0.717, 1.165) is 19.4 Å². The molecule has 0 aliphatic heterocycles. The molecule has 106 valence electrons. The van der Waals surface area contributed by atoms with Gasteiger partial charge in [-0.2, -0.15) is 0 Å². The average Bonchev–Trinajstić information content (AvgIpc) is 2.46. The molecule has 18 heavy (non-hydrogen) atoms. The second-order valence-electron chi connectivity index (χ2n) is 3.55. The van der Waals surface area contributed by atoms with Gasteiger partial charge in [0.2, 0.25) is 0 Å². The number of benzene rings is 1. The molecule has 1 aromatic rings. The lowest BCUT2D eigenvalue weighted by molar-refractivity contribution is 0.577. The van der Waals surface area contributed by atoms with Crippen LogP contribution in [-0.4, -0.2) is 13.6 Å². The van der Waals surface area contributed by atoms with Gasteiger partial charge in [0.15, 0.2) is 0 Å². The Morgan fingerprint density at radius 1 is 1.06 bits per heavy atom. The predicted molar refractivity (Wildman–Crippen MR) is 80.7 cm³/mol. The van der Waals surface area contributed by atoms with Gasteiger partial charge in [-0.25, -0.2) is 4.39 Å². The minimum Gasteiger partial charge on any atom is -0.320 e. The van der Waals surface area contributed by atoms with E-state index in [2.05, 4.69) is 12.2 Å². The minimum atomic E-state index is -0.155. The molecular formula is C16H30FN. The van der Waals surface area contributed by atoms with Gasteiger partial charge in [0.05, 0.1) is 0 Å². The molecule has 0 fully saturated rings. The van der Waals surface area contributed by atoms with Crippen LogP contribution >= 0.6 is 0 Å². The Balaban J connectivity index is 0. The van der Waals surface area contributed by atoms with Crippen LogP contribution in [0, 0.1) is 5.82 Å². The van der Waals surface area contributed by atoms with Gasteiger partial charge in [-0.15, -0.1) is 0 Å². The Labute approximate surface area is 113 Å². The molecule has 0 aliphatic carbocycles. The summed E-state index contributed by atoms with van der Waals surface area (Å²) in [5, 5.41) is 3.14. The maximum atomic E-state index is 12.7. The maximum Gasteiger partial charge on any atom is 0.123 e. The molecule has 1 rings (SSSR count). The van der Waals surface area contributed by atoms with Crippen molar-refractivity contribution < 1.29 is 4.39 Å². The highest BCUT2D eigenvalue weighted by atomic mass is 19.1. The van der Waals surface area contributed by atoms with E-state index in [9.17, 15) is 4.39 Å². The molecule has 1 atom stereocenters. The van der Waals surface area contributed by atoms with E-state index < -0.39 is 0 Å². The lowest BCUT2D eigenvalue weighted by Gasteiger charge is -2.14. The molecule has 0 amide bonds. The van der Waals surface area contributed by atoms with Gasteiger partial charge in [0.25, 0.3) is 0 Å². The molecule has 0 bridgehead atoms. The Bertz CT molecular complexity index is 256. The number of hydrogen-bond acceptors (Lipinski definition) is 1. The zero-order chi connectivity index (χ0) is 14.4. The molecule has 2 heteroatoms. The van der Waals surface area contributed by atoms with Crippen molar-refractivity contribution in [1.82, 2.24) is 5.32 Å². The fourth-order valence-corrected chi connectivity index (χ4v) is 1.66. The topological polar surface area (TPSA) is 12.0 Å². The van der Waals surface area contributed by atoms with Crippen molar-refractivity contribution in [2.75, 3.05) is 13.6 Å². The van der Waals surface area contributed by atoms with Crippen molar-refractivity contribution in [3.8, 4) is 0 Å². The van der Waals surface area contributed by atoms with E-state index in [1.54, 1.807) is 0 Å². The van der Waals surface area contributed by atoms with Crippen molar-refractivity contribution >= 4 is 0 Å². The van der Waals surface area contributed by atoms with Gasteiger partial charge in [0.1, 0.15) is 5.82 Å². The standard InChI is InChI=1S/C12H18FN.2C2H6/c1-3-10(8-9-14-2)11-4-6-12(13)7-5-11;2*1-2/h4-7,10,14H,3,8-9H2,1-2H3;2*1-2H3. The predicted octanol–water partition coefficient (Wildman–Crippen LogP) is 4.98. The summed E-state index contributed by atoms with van der Waals surface area (Å²) in [7, 11) is 1.96. The Hall–Kier alpha value is -0.890. The van der Waals surface area contributed by atoms with Gasteiger partial charge in [0, 0.05) is 0 Å². The van der Waals surface area contributed by atoms with Crippen LogP contribution in [0.3, 0.4) is 0 Å². The number of halogens is 1. The lowest BCUT2D eigenvalue weighted by atomic mass is 9.93. The first-order valence-corrected chi connectivity index (χ1v) is 7.18. The average molecular weight is 255 g/mol. The first kappa shape index (κ1) is 19.4. The molecule has 0 spiro atoms. The number of nitrogens with one attached hydrogen (secondary N) is 1. The summed E-state index contributed by atoms with van der Waals surface area (Å²) in [5.41, 5.74) is 1.24. The van der Waals surface area contributed by atoms with E-state index in [4.69, 9.17) is 0 Å². The summed E-state index contributed by atoms with van der Waals surface area (Å²) < 4.78 is 12.7. The zero-order valence-electron chi connectivity index (χ0n) is 12.9. The fraction of sp³-hybridized carbons (Fsp3) is 0.625. The summed E-state index contributed by atoms with van der Waals surface area (Å²) in [4.78, 5) is 0. The Morgan fingerprint density at radius 2 is 1.56 bits per heavy atom. The summed E-state index contributed by atoms with van der Waals surface area (Å²) >= 11 is 0. The molecule has 0 saturated heterocycles. The normalized spacial score (nSPS) is 10.6. The minimum absolute atomic E-state index is 0.155. The molecule has 1 aromatic carbocycles. The highest BCUT2D eigenvalue weighted by Gasteiger charge is 2.08. The van der Waals surface area contributed by atoms with E-state index >= 15 is 0 Å². The van der Waals surface area contributed by atoms with E-state index in [0.29, 0.717) is 5.92 Å². The second kappa shape index (κ2) is 14.2. The third kappa shape index (κ3) is 8.24. The summed E-state index contributed by atoms with van der Waals surface area (Å²) in [5.74, 6) is 0.389. The molecule has 0 radical (unpaired) electrons. The lowest BCUT2D eigenvalue weighted by Crippen LogP contribution is -2.11. The molecule has 0 aromatic heterocycles. The number of hydrogen-bond donors (Lipinski definition) is 1. The van der Waals surface area contributed by atoms with Crippen molar-refractivity contribution in [2.24, 2.45) is 0 Å². The first-order chi connectivity index (χ1) is 8.77. The zero-order valence-corrected chi connectivity index (χ0v) is 12.9. The van der Waals surface area contributed by atoms with E-state index in [1.165, 1.54) is 17.7 Å². The monoisotopic (exact) mass is 255 g/mol. The van der Waals surface area contributed by atoms with Gasteiger partial charge >= 0.3 is 0 Å². The van der Waals surface area contributed by atoms with Crippen LogP contribution in [-0.2, 0) is 0 Å².